The SMILES string of the molecule is CC(C=CCCCCCCOCc1ccc(Br)cc1Br)=CC(=O)NCC(C)C. The summed E-state index contributed by atoms with van der Waals surface area (Å²) in [5.74, 6) is 0.465. The van der Waals surface area contributed by atoms with Crippen molar-refractivity contribution in [1.29, 1.82) is 0 Å². The summed E-state index contributed by atoms with van der Waals surface area (Å²) in [6.45, 7) is 8.30. The maximum Gasteiger partial charge on any atom is 0.244 e. The van der Waals surface area contributed by atoms with E-state index in [1.165, 1.54) is 24.8 Å². The Kier molecular flexibility index (Phi) is 13.5. The summed E-state index contributed by atoms with van der Waals surface area (Å²) in [6.07, 6.45) is 11.5. The molecular weight excluding hydrogens is 482 g/mol. The number of rotatable bonds is 13. The number of halogens is 2. The molecule has 0 aliphatic rings. The molecule has 1 aromatic rings. The summed E-state index contributed by atoms with van der Waals surface area (Å²) < 4.78 is 7.91. The van der Waals surface area contributed by atoms with Crippen molar-refractivity contribution in [3.8, 4) is 0 Å². The Morgan fingerprint density at radius 2 is 1.93 bits per heavy atom. The van der Waals surface area contributed by atoms with Crippen molar-refractivity contribution in [1.82, 2.24) is 5.32 Å². The number of carbonyl (C=O) groups excluding carboxylic acids is 1. The molecular formula is C23H33Br2NO2. The Morgan fingerprint density at radius 1 is 1.18 bits per heavy atom. The molecule has 0 fully saturated rings. The first-order valence-electron chi connectivity index (χ1n) is 10.0. The van der Waals surface area contributed by atoms with Crippen LogP contribution in [0.3, 0.4) is 0 Å². The summed E-state index contributed by atoms with van der Waals surface area (Å²) in [5, 5.41) is 2.90. The van der Waals surface area contributed by atoms with Gasteiger partial charge in [-0.25, -0.2) is 0 Å². The maximum atomic E-state index is 11.7. The molecule has 0 saturated heterocycles. The molecule has 0 unspecified atom stereocenters. The van der Waals surface area contributed by atoms with Crippen LogP contribution in [0.5, 0.6) is 0 Å². The van der Waals surface area contributed by atoms with Crippen LogP contribution < -0.4 is 5.32 Å². The molecule has 1 rings (SSSR count). The van der Waals surface area contributed by atoms with Gasteiger partial charge >= 0.3 is 0 Å². The largest absolute Gasteiger partial charge is 0.377 e. The lowest BCUT2D eigenvalue weighted by Crippen LogP contribution is -2.25. The molecule has 1 amide bonds. The zero-order valence-electron chi connectivity index (χ0n) is 17.3. The molecule has 0 bridgehead atoms. The number of hydrogen-bond donors (Lipinski definition) is 1. The summed E-state index contributed by atoms with van der Waals surface area (Å²) in [6, 6.07) is 6.15. The molecule has 0 saturated carbocycles. The van der Waals surface area contributed by atoms with Crippen LogP contribution in [0.4, 0.5) is 0 Å². The zero-order chi connectivity index (χ0) is 20.8. The van der Waals surface area contributed by atoms with Gasteiger partial charge in [-0.15, -0.1) is 0 Å². The monoisotopic (exact) mass is 513 g/mol. The predicted octanol–water partition coefficient (Wildman–Crippen LogP) is 6.95. The van der Waals surface area contributed by atoms with Crippen LogP contribution in [0.1, 0.15) is 58.4 Å². The van der Waals surface area contributed by atoms with Crippen LogP contribution in [-0.4, -0.2) is 19.1 Å². The van der Waals surface area contributed by atoms with E-state index in [4.69, 9.17) is 4.74 Å². The number of unbranched alkanes of at least 4 members (excludes halogenated alkanes) is 4. The first-order chi connectivity index (χ1) is 13.4. The van der Waals surface area contributed by atoms with E-state index in [1.807, 2.05) is 25.1 Å². The Hall–Kier alpha value is -0.910. The number of ether oxygens (including phenoxy) is 1. The summed E-state index contributed by atoms with van der Waals surface area (Å²) in [5.41, 5.74) is 2.17. The first-order valence-corrected chi connectivity index (χ1v) is 11.6. The van der Waals surface area contributed by atoms with E-state index in [0.29, 0.717) is 12.5 Å². The average Bonchev–Trinajstić information content (AvgIpc) is 2.63. The van der Waals surface area contributed by atoms with Crippen LogP contribution in [0.2, 0.25) is 0 Å². The molecule has 5 heteroatoms. The van der Waals surface area contributed by atoms with Gasteiger partial charge in [-0.1, -0.05) is 76.8 Å². The number of carbonyl (C=O) groups is 1. The summed E-state index contributed by atoms with van der Waals surface area (Å²) in [7, 11) is 0. The normalized spacial score (nSPS) is 12.1. The van der Waals surface area contributed by atoms with E-state index in [-0.39, 0.29) is 5.91 Å². The third-order valence-electron chi connectivity index (χ3n) is 4.11. The van der Waals surface area contributed by atoms with Crippen LogP contribution in [0.25, 0.3) is 0 Å². The highest BCUT2D eigenvalue weighted by Crippen LogP contribution is 2.22. The van der Waals surface area contributed by atoms with E-state index in [0.717, 1.165) is 40.5 Å². The Labute approximate surface area is 187 Å². The highest BCUT2D eigenvalue weighted by atomic mass is 79.9. The molecule has 0 spiro atoms. The minimum atomic E-state index is -0.00832. The van der Waals surface area contributed by atoms with Crippen LogP contribution in [0, 0.1) is 5.92 Å². The predicted molar refractivity (Wildman–Crippen MR) is 125 cm³/mol. The van der Waals surface area contributed by atoms with E-state index in [9.17, 15) is 4.79 Å². The average molecular weight is 515 g/mol. The zero-order valence-corrected chi connectivity index (χ0v) is 20.4. The van der Waals surface area contributed by atoms with Crippen LogP contribution in [0.15, 0.2) is 50.9 Å². The highest BCUT2D eigenvalue weighted by Gasteiger charge is 2.01. The van der Waals surface area contributed by atoms with E-state index >= 15 is 0 Å². The topological polar surface area (TPSA) is 38.3 Å². The lowest BCUT2D eigenvalue weighted by atomic mass is 10.1. The van der Waals surface area contributed by atoms with Crippen LogP contribution in [-0.2, 0) is 16.1 Å². The second-order valence-electron chi connectivity index (χ2n) is 7.42. The number of hydrogen-bond acceptors (Lipinski definition) is 2. The quantitative estimate of drug-likeness (QED) is 0.175. The second-order valence-corrected chi connectivity index (χ2v) is 9.19. The standard InChI is InChI=1S/C23H33Br2NO2/c1-18(2)16-26-23(27)14-19(3)10-8-6-4-5-7-9-13-28-17-20-11-12-21(24)15-22(20)25/h8,10-12,14-15,18H,4-7,9,13,16-17H2,1-3H3,(H,26,27). The van der Waals surface area contributed by atoms with Gasteiger partial charge in [0.15, 0.2) is 0 Å². The van der Waals surface area contributed by atoms with Gasteiger partial charge in [0.2, 0.25) is 5.91 Å². The minimum absolute atomic E-state index is 0.00832. The molecule has 0 aromatic heterocycles. The first kappa shape index (κ1) is 25.1. The van der Waals surface area contributed by atoms with Crippen molar-refractivity contribution in [3.05, 3.63) is 56.5 Å². The van der Waals surface area contributed by atoms with Crippen molar-refractivity contribution < 1.29 is 9.53 Å². The van der Waals surface area contributed by atoms with E-state index < -0.39 is 0 Å². The molecule has 1 aromatic carbocycles. The molecule has 1 N–H and O–H groups in total. The van der Waals surface area contributed by atoms with Crippen molar-refractivity contribution in [2.24, 2.45) is 5.92 Å². The molecule has 28 heavy (non-hydrogen) atoms. The molecule has 0 atom stereocenters. The fourth-order valence-electron chi connectivity index (χ4n) is 2.52. The number of allylic oxidation sites excluding steroid dienone is 3. The molecule has 0 aliphatic carbocycles. The fraction of sp³-hybridized carbons (Fsp3) is 0.522. The molecule has 0 radical (unpaired) electrons. The summed E-state index contributed by atoms with van der Waals surface area (Å²) >= 11 is 7.02. The number of amides is 1. The van der Waals surface area contributed by atoms with Gasteiger partial charge in [0.1, 0.15) is 0 Å². The molecule has 3 nitrogen and oxygen atoms in total. The van der Waals surface area contributed by atoms with Crippen molar-refractivity contribution in [2.45, 2.75) is 59.5 Å². The number of nitrogens with one attached hydrogen (secondary N) is 1. The van der Waals surface area contributed by atoms with Crippen molar-refractivity contribution in [2.75, 3.05) is 13.2 Å². The minimum Gasteiger partial charge on any atom is -0.377 e. The van der Waals surface area contributed by atoms with Gasteiger partial charge in [0, 0.05) is 28.2 Å². The molecule has 0 aliphatic heterocycles. The lowest BCUT2D eigenvalue weighted by Gasteiger charge is -2.07. The van der Waals surface area contributed by atoms with Gasteiger partial charge < -0.3 is 10.1 Å². The van der Waals surface area contributed by atoms with Crippen molar-refractivity contribution in [3.63, 3.8) is 0 Å². The smallest absolute Gasteiger partial charge is 0.244 e. The molecule has 156 valence electrons. The van der Waals surface area contributed by atoms with Gasteiger partial charge in [0.05, 0.1) is 6.61 Å². The Balaban J connectivity index is 2.05. The fourth-order valence-corrected chi connectivity index (χ4v) is 3.68. The third kappa shape index (κ3) is 12.5. The second kappa shape index (κ2) is 15.0. The number of benzene rings is 1. The molecule has 0 heterocycles. The van der Waals surface area contributed by atoms with E-state index in [1.54, 1.807) is 6.08 Å². The van der Waals surface area contributed by atoms with E-state index in [2.05, 4.69) is 63.2 Å². The van der Waals surface area contributed by atoms with Gasteiger partial charge in [0.25, 0.3) is 0 Å². The van der Waals surface area contributed by atoms with Gasteiger partial charge in [-0.05, 0) is 55.4 Å². The van der Waals surface area contributed by atoms with Gasteiger partial charge in [-0.3, -0.25) is 4.79 Å². The van der Waals surface area contributed by atoms with Crippen LogP contribution >= 0.6 is 31.9 Å². The Morgan fingerprint density at radius 3 is 2.64 bits per heavy atom. The van der Waals surface area contributed by atoms with Crippen molar-refractivity contribution >= 4 is 37.8 Å². The Bertz CT molecular complexity index is 654. The van der Waals surface area contributed by atoms with Gasteiger partial charge in [-0.2, -0.15) is 0 Å². The third-order valence-corrected chi connectivity index (χ3v) is 5.34. The lowest BCUT2D eigenvalue weighted by molar-refractivity contribution is -0.116. The highest BCUT2D eigenvalue weighted by molar-refractivity contribution is 9.11. The summed E-state index contributed by atoms with van der Waals surface area (Å²) in [4.78, 5) is 11.7. The maximum absolute atomic E-state index is 11.7.